The Morgan fingerprint density at radius 1 is 0.818 bits per heavy atom. The first-order chi connectivity index (χ1) is 10.7. The maximum Gasteiger partial charge on any atom is 0.315 e. The van der Waals surface area contributed by atoms with Crippen molar-refractivity contribution in [3.05, 3.63) is 0 Å². The molecule has 5 nitrogen and oxygen atoms in total. The molecule has 0 spiro atoms. The highest BCUT2D eigenvalue weighted by molar-refractivity contribution is 5.84. The van der Waals surface area contributed by atoms with Crippen LogP contribution in [0.5, 0.6) is 0 Å². The van der Waals surface area contributed by atoms with E-state index in [9.17, 15) is 9.59 Å². The van der Waals surface area contributed by atoms with Gasteiger partial charge in [0.25, 0.3) is 0 Å². The van der Waals surface area contributed by atoms with Crippen LogP contribution < -0.4 is 16.0 Å². The molecule has 5 heteroatoms. The van der Waals surface area contributed by atoms with Gasteiger partial charge >= 0.3 is 6.03 Å². The molecular weight excluding hydrogens is 278 g/mol. The first-order valence-electron chi connectivity index (χ1n) is 9.05. The normalized spacial score (nSPS) is 20.4. The van der Waals surface area contributed by atoms with Gasteiger partial charge in [0.2, 0.25) is 5.91 Å². The largest absolute Gasteiger partial charge is 0.352 e. The average Bonchev–Trinajstić information content (AvgIpc) is 2.55. The van der Waals surface area contributed by atoms with E-state index in [0.717, 1.165) is 25.2 Å². The Hall–Kier alpha value is -1.26. The second kappa shape index (κ2) is 9.70. The van der Waals surface area contributed by atoms with E-state index in [1.54, 1.807) is 0 Å². The van der Waals surface area contributed by atoms with Crippen LogP contribution in [-0.2, 0) is 4.79 Å². The number of carbonyl (C=O) groups excluding carboxylic acids is 2. The van der Waals surface area contributed by atoms with Gasteiger partial charge in [-0.1, -0.05) is 51.4 Å². The van der Waals surface area contributed by atoms with Gasteiger partial charge < -0.3 is 16.0 Å². The Labute approximate surface area is 134 Å². The lowest BCUT2D eigenvalue weighted by atomic mass is 9.87. The summed E-state index contributed by atoms with van der Waals surface area (Å²) in [6.07, 6.45) is 13.5. The Bertz CT molecular complexity index is 348. The minimum Gasteiger partial charge on any atom is -0.352 e. The van der Waals surface area contributed by atoms with E-state index in [0.29, 0.717) is 12.6 Å². The zero-order chi connectivity index (χ0) is 15.6. The second-order valence-electron chi connectivity index (χ2n) is 6.80. The van der Waals surface area contributed by atoms with Crippen LogP contribution in [0.25, 0.3) is 0 Å². The van der Waals surface area contributed by atoms with Gasteiger partial charge in [-0.05, 0) is 25.2 Å². The van der Waals surface area contributed by atoms with Crippen molar-refractivity contribution in [1.29, 1.82) is 0 Å². The predicted octanol–water partition coefficient (Wildman–Crippen LogP) is 2.70. The molecule has 0 aromatic heterocycles. The predicted molar refractivity (Wildman–Crippen MR) is 87.6 cm³/mol. The molecule has 0 aliphatic heterocycles. The maximum atomic E-state index is 11.8. The summed E-state index contributed by atoms with van der Waals surface area (Å²) in [4.78, 5) is 23.5. The number of rotatable bonds is 6. The van der Waals surface area contributed by atoms with E-state index >= 15 is 0 Å². The molecule has 0 radical (unpaired) electrons. The molecule has 0 aromatic carbocycles. The molecule has 0 saturated heterocycles. The summed E-state index contributed by atoms with van der Waals surface area (Å²) in [6.45, 7) is 0.784. The maximum absolute atomic E-state index is 11.8. The third kappa shape index (κ3) is 6.67. The number of amides is 3. The number of urea groups is 1. The molecule has 2 saturated carbocycles. The van der Waals surface area contributed by atoms with Gasteiger partial charge in [0.15, 0.2) is 0 Å². The van der Waals surface area contributed by atoms with Crippen molar-refractivity contribution in [2.45, 2.75) is 76.7 Å². The summed E-state index contributed by atoms with van der Waals surface area (Å²) in [6, 6.07) is 0.0759. The smallest absolute Gasteiger partial charge is 0.315 e. The summed E-state index contributed by atoms with van der Waals surface area (Å²) < 4.78 is 0. The molecular formula is C17H31N3O2. The fourth-order valence-electron chi connectivity index (χ4n) is 3.61. The van der Waals surface area contributed by atoms with Gasteiger partial charge in [0.1, 0.15) is 0 Å². The Kier molecular flexibility index (Phi) is 7.54. The van der Waals surface area contributed by atoms with Crippen LogP contribution in [0.15, 0.2) is 0 Å². The topological polar surface area (TPSA) is 70.2 Å². The molecule has 0 unspecified atom stereocenters. The molecule has 0 heterocycles. The fourth-order valence-corrected chi connectivity index (χ4v) is 3.61. The van der Waals surface area contributed by atoms with Crippen LogP contribution >= 0.6 is 0 Å². The van der Waals surface area contributed by atoms with Gasteiger partial charge in [-0.2, -0.15) is 0 Å². The number of nitrogens with one attached hydrogen (secondary N) is 3. The van der Waals surface area contributed by atoms with E-state index < -0.39 is 0 Å². The van der Waals surface area contributed by atoms with Gasteiger partial charge in [0, 0.05) is 12.6 Å². The minimum absolute atomic E-state index is 0.0747. The average molecular weight is 309 g/mol. The highest BCUT2D eigenvalue weighted by Gasteiger charge is 2.16. The zero-order valence-corrected chi connectivity index (χ0v) is 13.7. The highest BCUT2D eigenvalue weighted by atomic mass is 16.2. The lowest BCUT2D eigenvalue weighted by Crippen LogP contribution is -2.45. The quantitative estimate of drug-likeness (QED) is 0.706. The summed E-state index contributed by atoms with van der Waals surface area (Å²) in [5.41, 5.74) is 0. The van der Waals surface area contributed by atoms with Crippen molar-refractivity contribution >= 4 is 11.9 Å². The molecule has 2 aliphatic rings. The van der Waals surface area contributed by atoms with Crippen molar-refractivity contribution in [2.24, 2.45) is 5.92 Å². The molecule has 2 rings (SSSR count). The first-order valence-corrected chi connectivity index (χ1v) is 9.05. The van der Waals surface area contributed by atoms with E-state index in [1.807, 2.05) is 0 Å². The van der Waals surface area contributed by atoms with E-state index in [4.69, 9.17) is 0 Å². The van der Waals surface area contributed by atoms with E-state index in [-0.39, 0.29) is 18.5 Å². The van der Waals surface area contributed by atoms with Gasteiger partial charge in [-0.3, -0.25) is 4.79 Å². The van der Waals surface area contributed by atoms with Gasteiger partial charge in [-0.15, -0.1) is 0 Å². The van der Waals surface area contributed by atoms with Crippen LogP contribution in [-0.4, -0.2) is 31.1 Å². The van der Waals surface area contributed by atoms with Crippen LogP contribution in [0.4, 0.5) is 4.79 Å². The zero-order valence-electron chi connectivity index (χ0n) is 13.7. The summed E-state index contributed by atoms with van der Waals surface area (Å²) in [7, 11) is 0. The molecule has 0 aromatic rings. The standard InChI is InChI=1S/C17H31N3O2/c21-16(20-15-9-5-2-6-10-15)13-19-17(22)18-12-11-14-7-3-1-4-8-14/h14-15H,1-13H2,(H,20,21)(H2,18,19,22). The lowest BCUT2D eigenvalue weighted by molar-refractivity contribution is -0.121. The van der Waals surface area contributed by atoms with Crippen molar-refractivity contribution < 1.29 is 9.59 Å². The highest BCUT2D eigenvalue weighted by Crippen LogP contribution is 2.25. The van der Waals surface area contributed by atoms with Gasteiger partial charge in [-0.25, -0.2) is 4.79 Å². The van der Waals surface area contributed by atoms with Crippen molar-refractivity contribution in [2.75, 3.05) is 13.1 Å². The third-order valence-corrected chi connectivity index (χ3v) is 4.94. The fraction of sp³-hybridized carbons (Fsp3) is 0.882. The van der Waals surface area contributed by atoms with Crippen molar-refractivity contribution in [3.63, 3.8) is 0 Å². The molecule has 2 fully saturated rings. The minimum atomic E-state index is -0.227. The Morgan fingerprint density at radius 3 is 2.14 bits per heavy atom. The Balaban J connectivity index is 1.50. The summed E-state index contributed by atoms with van der Waals surface area (Å²) in [5.74, 6) is 0.693. The van der Waals surface area contributed by atoms with Crippen molar-refractivity contribution in [1.82, 2.24) is 16.0 Å². The van der Waals surface area contributed by atoms with Gasteiger partial charge in [0.05, 0.1) is 6.54 Å². The number of carbonyl (C=O) groups is 2. The first kappa shape index (κ1) is 17.1. The summed E-state index contributed by atoms with van der Waals surface area (Å²) >= 11 is 0. The SMILES string of the molecule is O=C(CNC(=O)NCCC1CCCCC1)NC1CCCCC1. The Morgan fingerprint density at radius 2 is 1.45 bits per heavy atom. The summed E-state index contributed by atoms with van der Waals surface area (Å²) in [5, 5.41) is 8.51. The molecule has 3 N–H and O–H groups in total. The van der Waals surface area contributed by atoms with E-state index in [1.165, 1.54) is 51.4 Å². The van der Waals surface area contributed by atoms with Crippen molar-refractivity contribution in [3.8, 4) is 0 Å². The van der Waals surface area contributed by atoms with Crippen LogP contribution in [0.2, 0.25) is 0 Å². The van der Waals surface area contributed by atoms with Crippen LogP contribution in [0, 0.1) is 5.92 Å². The number of hydrogen-bond acceptors (Lipinski definition) is 2. The van der Waals surface area contributed by atoms with Crippen LogP contribution in [0.3, 0.4) is 0 Å². The molecule has 126 valence electrons. The molecule has 3 amide bonds. The molecule has 2 aliphatic carbocycles. The monoisotopic (exact) mass is 309 g/mol. The third-order valence-electron chi connectivity index (χ3n) is 4.94. The number of hydrogen-bond donors (Lipinski definition) is 3. The molecule has 22 heavy (non-hydrogen) atoms. The molecule has 0 bridgehead atoms. The second-order valence-corrected chi connectivity index (χ2v) is 6.80. The van der Waals surface area contributed by atoms with E-state index in [2.05, 4.69) is 16.0 Å². The lowest BCUT2D eigenvalue weighted by Gasteiger charge is -2.23. The molecule has 0 atom stereocenters. The van der Waals surface area contributed by atoms with Crippen LogP contribution in [0.1, 0.15) is 70.6 Å².